The third-order valence-electron chi connectivity index (χ3n) is 4.46. The minimum Gasteiger partial charge on any atom is -0.457 e. The first-order valence-electron chi connectivity index (χ1n) is 9.86. The van der Waals surface area contributed by atoms with Gasteiger partial charge in [-0.1, -0.05) is 25.4 Å². The van der Waals surface area contributed by atoms with Crippen LogP contribution in [0.1, 0.15) is 29.9 Å². The van der Waals surface area contributed by atoms with Crippen LogP contribution in [0, 0.1) is 11.7 Å². The SMILES string of the molecule is CC(C)C(=O)c1cc(Oc2ccc(NC(=O)Nc3ccc(Cl)c(C(F)(F)F)c3)c(F)c2)ccn1. The van der Waals surface area contributed by atoms with E-state index in [0.29, 0.717) is 6.07 Å². The first kappa shape index (κ1) is 25.0. The van der Waals surface area contributed by atoms with E-state index in [1.165, 1.54) is 36.5 Å². The average molecular weight is 496 g/mol. The van der Waals surface area contributed by atoms with Crippen LogP contribution in [-0.4, -0.2) is 16.8 Å². The first-order valence-corrected chi connectivity index (χ1v) is 10.2. The summed E-state index contributed by atoms with van der Waals surface area (Å²) in [5.74, 6) is -0.938. The normalized spacial score (nSPS) is 11.3. The first-order chi connectivity index (χ1) is 15.9. The monoisotopic (exact) mass is 495 g/mol. The topological polar surface area (TPSA) is 80.3 Å². The summed E-state index contributed by atoms with van der Waals surface area (Å²) in [6, 6.07) is 8.39. The van der Waals surface area contributed by atoms with E-state index < -0.39 is 28.6 Å². The minimum absolute atomic E-state index is 0.0881. The highest BCUT2D eigenvalue weighted by Crippen LogP contribution is 2.36. The fourth-order valence-electron chi connectivity index (χ4n) is 2.81. The molecule has 0 aliphatic rings. The van der Waals surface area contributed by atoms with Gasteiger partial charge in [0.25, 0.3) is 0 Å². The number of nitrogens with zero attached hydrogens (tertiary/aromatic N) is 1. The van der Waals surface area contributed by atoms with Crippen molar-refractivity contribution in [2.24, 2.45) is 5.92 Å². The molecule has 178 valence electrons. The van der Waals surface area contributed by atoms with Crippen molar-refractivity contribution in [3.8, 4) is 11.5 Å². The Morgan fingerprint density at radius 3 is 2.35 bits per heavy atom. The molecule has 0 spiro atoms. The molecule has 2 aromatic carbocycles. The summed E-state index contributed by atoms with van der Waals surface area (Å²) in [4.78, 5) is 28.2. The number of carbonyl (C=O) groups excluding carboxylic acids is 2. The van der Waals surface area contributed by atoms with Gasteiger partial charge in [0, 0.05) is 29.9 Å². The van der Waals surface area contributed by atoms with Crippen molar-refractivity contribution in [2.75, 3.05) is 10.6 Å². The molecular formula is C23H18ClF4N3O3. The Morgan fingerprint density at radius 2 is 1.71 bits per heavy atom. The molecule has 0 saturated heterocycles. The van der Waals surface area contributed by atoms with Gasteiger partial charge in [-0.2, -0.15) is 13.2 Å². The van der Waals surface area contributed by atoms with E-state index in [4.69, 9.17) is 16.3 Å². The lowest BCUT2D eigenvalue weighted by Crippen LogP contribution is -2.20. The largest absolute Gasteiger partial charge is 0.457 e. The second-order valence-corrected chi connectivity index (χ2v) is 7.82. The number of rotatable bonds is 6. The number of anilines is 2. The van der Waals surface area contributed by atoms with Crippen LogP contribution in [0.3, 0.4) is 0 Å². The fourth-order valence-corrected chi connectivity index (χ4v) is 3.03. The number of aromatic nitrogens is 1. The van der Waals surface area contributed by atoms with E-state index in [1.54, 1.807) is 13.8 Å². The molecule has 0 aliphatic heterocycles. The molecule has 3 aromatic rings. The number of hydrogen-bond acceptors (Lipinski definition) is 4. The quantitative estimate of drug-likeness (QED) is 0.280. The predicted octanol–water partition coefficient (Wildman–Crippen LogP) is 7.17. The van der Waals surface area contributed by atoms with Crippen molar-refractivity contribution < 1.29 is 31.9 Å². The van der Waals surface area contributed by atoms with Crippen LogP contribution in [0.4, 0.5) is 33.7 Å². The molecule has 2 N–H and O–H groups in total. The van der Waals surface area contributed by atoms with E-state index in [0.717, 1.165) is 12.1 Å². The molecule has 0 bridgehead atoms. The van der Waals surface area contributed by atoms with Gasteiger partial charge in [-0.25, -0.2) is 9.18 Å². The summed E-state index contributed by atoms with van der Waals surface area (Å²) in [6.07, 6.45) is -3.31. The Kier molecular flexibility index (Phi) is 7.41. The van der Waals surface area contributed by atoms with Gasteiger partial charge in [-0.3, -0.25) is 9.78 Å². The highest BCUT2D eigenvalue weighted by Gasteiger charge is 2.33. The van der Waals surface area contributed by atoms with E-state index >= 15 is 0 Å². The Morgan fingerprint density at radius 1 is 1.00 bits per heavy atom. The lowest BCUT2D eigenvalue weighted by molar-refractivity contribution is -0.137. The molecule has 6 nitrogen and oxygen atoms in total. The third kappa shape index (κ3) is 6.22. The smallest absolute Gasteiger partial charge is 0.417 e. The molecule has 3 rings (SSSR count). The molecule has 34 heavy (non-hydrogen) atoms. The maximum absolute atomic E-state index is 14.5. The third-order valence-corrected chi connectivity index (χ3v) is 4.79. The highest BCUT2D eigenvalue weighted by molar-refractivity contribution is 6.31. The summed E-state index contributed by atoms with van der Waals surface area (Å²) in [5.41, 5.74) is -1.33. The number of hydrogen-bond donors (Lipinski definition) is 2. The van der Waals surface area contributed by atoms with Crippen LogP contribution in [0.2, 0.25) is 5.02 Å². The number of benzene rings is 2. The van der Waals surface area contributed by atoms with Gasteiger partial charge in [-0.05, 0) is 36.4 Å². The Bertz CT molecular complexity index is 1230. The van der Waals surface area contributed by atoms with Crippen LogP contribution in [-0.2, 0) is 6.18 Å². The molecule has 11 heteroatoms. The Hall–Kier alpha value is -3.66. The van der Waals surface area contributed by atoms with E-state index in [1.807, 2.05) is 0 Å². The molecule has 2 amide bonds. The number of nitrogens with one attached hydrogen (secondary N) is 2. The Labute approximate surface area is 196 Å². The molecule has 0 saturated carbocycles. The van der Waals surface area contributed by atoms with Crippen LogP contribution >= 0.6 is 11.6 Å². The van der Waals surface area contributed by atoms with Crippen molar-refractivity contribution in [3.05, 3.63) is 76.8 Å². The van der Waals surface area contributed by atoms with Gasteiger partial charge in [-0.15, -0.1) is 0 Å². The maximum atomic E-state index is 14.5. The number of pyridine rings is 1. The molecule has 1 heterocycles. The van der Waals surface area contributed by atoms with Gasteiger partial charge >= 0.3 is 12.2 Å². The van der Waals surface area contributed by atoms with Crippen LogP contribution in [0.25, 0.3) is 0 Å². The molecule has 0 fully saturated rings. The van der Waals surface area contributed by atoms with Gasteiger partial charge in [0.15, 0.2) is 5.78 Å². The number of amides is 2. The number of alkyl halides is 3. The van der Waals surface area contributed by atoms with Gasteiger partial charge in [0.05, 0.1) is 16.3 Å². The zero-order chi connectivity index (χ0) is 25.0. The molecule has 0 radical (unpaired) electrons. The summed E-state index contributed by atoms with van der Waals surface area (Å²) in [6.45, 7) is 3.47. The van der Waals surface area contributed by atoms with Crippen LogP contribution in [0.5, 0.6) is 11.5 Å². The molecule has 0 aliphatic carbocycles. The van der Waals surface area contributed by atoms with Crippen LogP contribution < -0.4 is 15.4 Å². The summed E-state index contributed by atoms with van der Waals surface area (Å²) in [7, 11) is 0. The molecule has 0 atom stereocenters. The molecular weight excluding hydrogens is 478 g/mol. The molecule has 1 aromatic heterocycles. The lowest BCUT2D eigenvalue weighted by atomic mass is 10.1. The van der Waals surface area contributed by atoms with Gasteiger partial charge < -0.3 is 15.4 Å². The van der Waals surface area contributed by atoms with Crippen molar-refractivity contribution >= 4 is 34.8 Å². The van der Waals surface area contributed by atoms with Crippen molar-refractivity contribution in [1.82, 2.24) is 4.98 Å². The number of ketones is 1. The van der Waals surface area contributed by atoms with Gasteiger partial charge in [0.2, 0.25) is 0 Å². The zero-order valence-electron chi connectivity index (χ0n) is 17.8. The van der Waals surface area contributed by atoms with Crippen molar-refractivity contribution in [1.29, 1.82) is 0 Å². The number of carbonyl (C=O) groups is 2. The Balaban J connectivity index is 1.69. The lowest BCUT2D eigenvalue weighted by Gasteiger charge is -2.13. The number of urea groups is 1. The summed E-state index contributed by atoms with van der Waals surface area (Å²) >= 11 is 5.55. The zero-order valence-corrected chi connectivity index (χ0v) is 18.6. The average Bonchev–Trinajstić information content (AvgIpc) is 2.76. The van der Waals surface area contributed by atoms with Crippen molar-refractivity contribution in [2.45, 2.75) is 20.0 Å². The predicted molar refractivity (Wildman–Crippen MR) is 119 cm³/mol. The van der Waals surface area contributed by atoms with Crippen molar-refractivity contribution in [3.63, 3.8) is 0 Å². The highest BCUT2D eigenvalue weighted by atomic mass is 35.5. The number of halogens is 5. The second kappa shape index (κ2) is 10.1. The molecule has 0 unspecified atom stereocenters. The fraction of sp³-hybridized carbons (Fsp3) is 0.174. The summed E-state index contributed by atoms with van der Waals surface area (Å²) < 4.78 is 58.9. The van der Waals surface area contributed by atoms with E-state index in [9.17, 15) is 27.2 Å². The van der Waals surface area contributed by atoms with Gasteiger partial charge in [0.1, 0.15) is 23.0 Å². The number of ether oxygens (including phenoxy) is 1. The van der Waals surface area contributed by atoms with E-state index in [-0.39, 0.29) is 40.3 Å². The maximum Gasteiger partial charge on any atom is 0.417 e. The standard InChI is InChI=1S/C23H18ClF4N3O3/c1-12(2)21(32)20-11-15(7-8-29-20)34-14-4-6-19(18(25)10-14)31-22(33)30-13-3-5-17(24)16(9-13)23(26,27)28/h3-12H,1-2H3,(H2,30,31,33). The second-order valence-electron chi connectivity index (χ2n) is 7.41. The van der Waals surface area contributed by atoms with E-state index in [2.05, 4.69) is 15.6 Å². The van der Waals surface area contributed by atoms with Crippen LogP contribution in [0.15, 0.2) is 54.7 Å². The minimum atomic E-state index is -4.70. The number of Topliss-reactive ketones (excluding diaryl/α,β-unsaturated/α-hetero) is 1. The summed E-state index contributed by atoms with van der Waals surface area (Å²) in [5, 5.41) is 3.88.